The molecule has 0 spiro atoms. The molecular formula is C3H9N3O2. The van der Waals surface area contributed by atoms with Gasteiger partial charge in [0.15, 0.2) is 0 Å². The van der Waals surface area contributed by atoms with E-state index in [9.17, 15) is 5.21 Å². The molecule has 0 aliphatic heterocycles. The van der Waals surface area contributed by atoms with Gasteiger partial charge in [0.1, 0.15) is 13.3 Å². The van der Waals surface area contributed by atoms with Crippen molar-refractivity contribution in [1.29, 1.82) is 0 Å². The second kappa shape index (κ2) is 3.53. The second-order valence-electron chi connectivity index (χ2n) is 1.11. The number of quaternary nitrogens is 2. The predicted molar refractivity (Wildman–Crippen MR) is 26.8 cm³/mol. The van der Waals surface area contributed by atoms with Crippen LogP contribution in [0.2, 0.25) is 0 Å². The Labute approximate surface area is 47.4 Å². The van der Waals surface area contributed by atoms with Gasteiger partial charge in [-0.3, -0.25) is 0 Å². The zero-order valence-electron chi connectivity index (χ0n) is 4.60. The summed E-state index contributed by atoms with van der Waals surface area (Å²) in [5, 5.41) is 9.36. The van der Waals surface area contributed by atoms with E-state index in [1.807, 2.05) is 0 Å². The molecule has 0 rings (SSSR count). The summed E-state index contributed by atoms with van der Waals surface area (Å²) in [5.41, 5.74) is 0. The highest BCUT2D eigenvalue weighted by Crippen LogP contribution is 1.32. The highest BCUT2D eigenvalue weighted by molar-refractivity contribution is 4.40. The number of hydrogen-bond donors (Lipinski definition) is 2. The molecule has 0 fully saturated rings. The molecule has 0 saturated carbocycles. The predicted octanol–water partition coefficient (Wildman–Crippen LogP) is -2.16. The Morgan fingerprint density at radius 2 is 2.38 bits per heavy atom. The van der Waals surface area contributed by atoms with Crippen molar-refractivity contribution in [3.05, 3.63) is 23.8 Å². The average molecular weight is 119 g/mol. The minimum absolute atomic E-state index is 0.215. The Morgan fingerprint density at radius 3 is 2.50 bits per heavy atom. The van der Waals surface area contributed by atoms with Crippen LogP contribution in [0.3, 0.4) is 0 Å². The van der Waals surface area contributed by atoms with E-state index in [2.05, 4.69) is 11.4 Å². The summed E-state index contributed by atoms with van der Waals surface area (Å²) < 4.78 is 0. The standard InChI is InChI=1S/C3H9N3O2/c1-3-5(4)6(7)8-2/h3-6H,1H2,2H3. The average Bonchev–Trinajstić information content (AvgIpc) is 1.84. The lowest BCUT2D eigenvalue weighted by Gasteiger charge is -2.24. The summed E-state index contributed by atoms with van der Waals surface area (Å²) in [6.07, 6.45) is 1.13. The quantitative estimate of drug-likeness (QED) is 0.416. The fraction of sp³-hybridized carbons (Fsp3) is 0.333. The van der Waals surface area contributed by atoms with E-state index in [0.717, 1.165) is 6.20 Å². The van der Waals surface area contributed by atoms with Gasteiger partial charge < -0.3 is 11.0 Å². The third-order valence-corrected chi connectivity index (χ3v) is 0.609. The Morgan fingerprint density at radius 1 is 1.88 bits per heavy atom. The topological polar surface area (TPSA) is 65.0 Å². The van der Waals surface area contributed by atoms with Crippen molar-refractivity contribution in [2.24, 2.45) is 0 Å². The van der Waals surface area contributed by atoms with Crippen molar-refractivity contribution in [3.8, 4) is 0 Å². The summed E-state index contributed by atoms with van der Waals surface area (Å²) in [6.45, 7) is 3.20. The molecular weight excluding hydrogens is 110 g/mol. The van der Waals surface area contributed by atoms with Gasteiger partial charge in [-0.2, -0.15) is 9.96 Å². The van der Waals surface area contributed by atoms with Gasteiger partial charge in [0.05, 0.1) is 0 Å². The Kier molecular flexibility index (Phi) is 3.33. The third-order valence-electron chi connectivity index (χ3n) is 0.609. The van der Waals surface area contributed by atoms with E-state index in [0.29, 0.717) is 0 Å². The van der Waals surface area contributed by atoms with Gasteiger partial charge >= 0.3 is 0 Å². The fourth-order valence-corrected chi connectivity index (χ4v) is 0.193. The first-order valence-corrected chi connectivity index (χ1v) is 2.01. The van der Waals surface area contributed by atoms with E-state index >= 15 is 0 Å². The summed E-state index contributed by atoms with van der Waals surface area (Å²) in [5.74, 6) is 6.75. The van der Waals surface area contributed by atoms with Gasteiger partial charge in [0.25, 0.3) is 0 Å². The molecule has 2 atom stereocenters. The lowest BCUT2D eigenvalue weighted by molar-refractivity contribution is -1.52. The van der Waals surface area contributed by atoms with Crippen molar-refractivity contribution < 1.29 is 15.3 Å². The first-order valence-electron chi connectivity index (χ1n) is 2.01. The highest BCUT2D eigenvalue weighted by atomic mass is 16.9. The van der Waals surface area contributed by atoms with Crippen LogP contribution in [0.1, 0.15) is 0 Å². The van der Waals surface area contributed by atoms with Crippen LogP contribution in [-0.4, -0.2) is 7.11 Å². The molecule has 0 aromatic heterocycles. The second-order valence-corrected chi connectivity index (χ2v) is 1.11. The molecule has 0 bridgehead atoms. The molecule has 5 nitrogen and oxygen atoms in total. The summed E-state index contributed by atoms with van der Waals surface area (Å²) in [4.78, 5) is 4.17. The smallest absolute Gasteiger partial charge is 0.128 e. The molecule has 3 N–H and O–H groups in total. The van der Waals surface area contributed by atoms with Crippen LogP contribution in [0.25, 0.3) is 5.84 Å². The van der Waals surface area contributed by atoms with Gasteiger partial charge in [-0.1, -0.05) is 5.34 Å². The third kappa shape index (κ3) is 2.01. The van der Waals surface area contributed by atoms with Crippen molar-refractivity contribution in [2.45, 2.75) is 0 Å². The summed E-state index contributed by atoms with van der Waals surface area (Å²) in [7, 11) is 1.22. The van der Waals surface area contributed by atoms with Crippen molar-refractivity contribution in [2.75, 3.05) is 7.11 Å². The maximum Gasteiger partial charge on any atom is 0.128 e. The Bertz CT molecular complexity index is 76.9. The zero-order valence-corrected chi connectivity index (χ0v) is 4.60. The molecule has 0 radical (unpaired) electrons. The SMILES string of the molecule is C=C[NH+]([NH-])[NH+]([O-])OC. The van der Waals surface area contributed by atoms with Gasteiger partial charge in [0, 0.05) is 0 Å². The highest BCUT2D eigenvalue weighted by Gasteiger charge is 1.93. The number of hydrogen-bond acceptors (Lipinski definition) is 2. The first kappa shape index (κ1) is 7.54. The van der Waals surface area contributed by atoms with Gasteiger partial charge in [-0.05, 0) is 6.58 Å². The minimum Gasteiger partial charge on any atom is -0.550 e. The molecule has 0 aromatic rings. The molecule has 8 heavy (non-hydrogen) atoms. The lowest BCUT2D eigenvalue weighted by atomic mass is 11.0. The maximum absolute atomic E-state index is 10.2. The minimum atomic E-state index is -0.653. The summed E-state index contributed by atoms with van der Waals surface area (Å²) in [6, 6.07) is 0. The van der Waals surface area contributed by atoms with Crippen molar-refractivity contribution in [1.82, 2.24) is 0 Å². The summed E-state index contributed by atoms with van der Waals surface area (Å²) >= 11 is 0. The van der Waals surface area contributed by atoms with Crippen LogP contribution in [0.5, 0.6) is 0 Å². The van der Waals surface area contributed by atoms with Crippen LogP contribution in [0, 0.1) is 5.21 Å². The van der Waals surface area contributed by atoms with E-state index in [1.54, 1.807) is 0 Å². The molecule has 0 aliphatic carbocycles. The van der Waals surface area contributed by atoms with E-state index < -0.39 is 5.34 Å². The molecule has 0 saturated heterocycles. The zero-order chi connectivity index (χ0) is 6.57. The Hall–Kier alpha value is -0.460. The van der Waals surface area contributed by atoms with Crippen LogP contribution in [-0.2, 0) is 4.84 Å². The number of rotatable bonds is 3. The largest absolute Gasteiger partial charge is 0.550 e. The van der Waals surface area contributed by atoms with Gasteiger partial charge in [-0.25, -0.2) is 0 Å². The Balaban J connectivity index is 3.44. The van der Waals surface area contributed by atoms with Crippen LogP contribution in [0.4, 0.5) is 0 Å². The normalized spacial score (nSPS) is 17.4. The molecule has 0 amide bonds. The monoisotopic (exact) mass is 119 g/mol. The first-order chi connectivity index (χ1) is 3.72. The lowest BCUT2D eigenvalue weighted by Crippen LogP contribution is -3.52. The van der Waals surface area contributed by atoms with Gasteiger partial charge in [0.2, 0.25) is 0 Å². The molecule has 0 aliphatic rings. The van der Waals surface area contributed by atoms with E-state index in [1.165, 1.54) is 7.11 Å². The van der Waals surface area contributed by atoms with Gasteiger partial charge in [-0.15, -0.1) is 0 Å². The molecule has 0 aromatic carbocycles. The number of nitrogens with one attached hydrogen (secondary N) is 3. The molecule has 5 heteroatoms. The van der Waals surface area contributed by atoms with Crippen molar-refractivity contribution in [3.63, 3.8) is 0 Å². The van der Waals surface area contributed by atoms with Crippen molar-refractivity contribution >= 4 is 0 Å². The maximum atomic E-state index is 10.2. The van der Waals surface area contributed by atoms with Crippen LogP contribution < -0.4 is 10.5 Å². The molecule has 48 valence electrons. The van der Waals surface area contributed by atoms with Crippen LogP contribution >= 0.6 is 0 Å². The van der Waals surface area contributed by atoms with E-state index in [-0.39, 0.29) is 5.12 Å². The van der Waals surface area contributed by atoms with Crippen LogP contribution in [0.15, 0.2) is 12.8 Å². The molecule has 2 unspecified atom stereocenters. The molecule has 0 heterocycles. The fourth-order valence-electron chi connectivity index (χ4n) is 0.193. The van der Waals surface area contributed by atoms with E-state index in [4.69, 9.17) is 5.84 Å².